The number of carbonyl (C=O) groups is 1. The smallest absolute Gasteiger partial charge is 0.262 e. The van der Waals surface area contributed by atoms with Crippen molar-refractivity contribution in [3.05, 3.63) is 53.6 Å². The van der Waals surface area contributed by atoms with Crippen LogP contribution < -0.4 is 10.1 Å². The SMILES string of the molecule is O=C(COc1ccc(Cl)cc1)Nc1ccccc1-c1nnn[nH]1. The van der Waals surface area contributed by atoms with Crippen molar-refractivity contribution in [2.24, 2.45) is 0 Å². The van der Waals surface area contributed by atoms with Crippen LogP contribution in [0.25, 0.3) is 11.4 Å². The van der Waals surface area contributed by atoms with Gasteiger partial charge in [0.15, 0.2) is 12.4 Å². The lowest BCUT2D eigenvalue weighted by molar-refractivity contribution is -0.118. The van der Waals surface area contributed by atoms with E-state index in [0.29, 0.717) is 27.8 Å². The second-order valence-electron chi connectivity index (χ2n) is 4.59. The van der Waals surface area contributed by atoms with Crippen molar-refractivity contribution in [1.29, 1.82) is 0 Å². The quantitative estimate of drug-likeness (QED) is 0.750. The van der Waals surface area contributed by atoms with Crippen LogP contribution in [0.15, 0.2) is 48.5 Å². The molecule has 8 heteroatoms. The van der Waals surface area contributed by atoms with Crippen molar-refractivity contribution >= 4 is 23.2 Å². The number of anilines is 1. The standard InChI is InChI=1S/C15H12ClN5O2/c16-10-5-7-11(8-6-10)23-9-14(22)17-13-4-2-1-3-12(13)15-18-20-21-19-15/h1-8H,9H2,(H,17,22)(H,18,19,20,21). The van der Waals surface area contributed by atoms with Crippen molar-refractivity contribution in [2.75, 3.05) is 11.9 Å². The molecule has 116 valence electrons. The van der Waals surface area contributed by atoms with Crippen LogP contribution >= 0.6 is 11.6 Å². The first-order chi connectivity index (χ1) is 11.2. The Morgan fingerprint density at radius 2 is 1.96 bits per heavy atom. The van der Waals surface area contributed by atoms with Crippen LogP contribution in [0.2, 0.25) is 5.02 Å². The molecular weight excluding hydrogens is 318 g/mol. The van der Waals surface area contributed by atoms with Crippen LogP contribution in [-0.2, 0) is 4.79 Å². The number of nitrogens with zero attached hydrogens (tertiary/aromatic N) is 3. The Labute approximate surface area is 136 Å². The number of aromatic nitrogens is 4. The molecule has 0 bridgehead atoms. The number of para-hydroxylation sites is 1. The van der Waals surface area contributed by atoms with E-state index in [1.165, 1.54) is 0 Å². The highest BCUT2D eigenvalue weighted by Crippen LogP contribution is 2.24. The van der Waals surface area contributed by atoms with Gasteiger partial charge in [-0.2, -0.15) is 0 Å². The molecule has 23 heavy (non-hydrogen) atoms. The summed E-state index contributed by atoms with van der Waals surface area (Å²) in [5, 5.41) is 17.0. The Balaban J connectivity index is 1.65. The van der Waals surface area contributed by atoms with Gasteiger partial charge in [-0.25, -0.2) is 5.10 Å². The van der Waals surface area contributed by atoms with Gasteiger partial charge in [-0.1, -0.05) is 23.7 Å². The molecule has 1 heterocycles. The van der Waals surface area contributed by atoms with E-state index >= 15 is 0 Å². The highest BCUT2D eigenvalue weighted by atomic mass is 35.5. The van der Waals surface area contributed by atoms with Gasteiger partial charge in [-0.05, 0) is 46.8 Å². The van der Waals surface area contributed by atoms with Crippen LogP contribution in [0.3, 0.4) is 0 Å². The molecule has 0 atom stereocenters. The fourth-order valence-corrected chi connectivity index (χ4v) is 2.06. The molecule has 0 unspecified atom stereocenters. The summed E-state index contributed by atoms with van der Waals surface area (Å²) in [7, 11) is 0. The number of ether oxygens (including phenoxy) is 1. The highest BCUT2D eigenvalue weighted by molar-refractivity contribution is 6.30. The van der Waals surface area contributed by atoms with Gasteiger partial charge in [-0.3, -0.25) is 4.79 Å². The first-order valence-corrected chi connectivity index (χ1v) is 7.11. The lowest BCUT2D eigenvalue weighted by atomic mass is 10.1. The number of aromatic amines is 1. The number of rotatable bonds is 5. The van der Waals surface area contributed by atoms with E-state index < -0.39 is 0 Å². The lowest BCUT2D eigenvalue weighted by Gasteiger charge is -2.10. The first-order valence-electron chi connectivity index (χ1n) is 6.74. The third-order valence-electron chi connectivity index (χ3n) is 2.99. The molecule has 7 nitrogen and oxygen atoms in total. The molecule has 2 aromatic carbocycles. The third-order valence-corrected chi connectivity index (χ3v) is 3.24. The minimum absolute atomic E-state index is 0.120. The average Bonchev–Trinajstić information content (AvgIpc) is 3.09. The Hall–Kier alpha value is -2.93. The van der Waals surface area contributed by atoms with Crippen molar-refractivity contribution < 1.29 is 9.53 Å². The number of hydrogen-bond donors (Lipinski definition) is 2. The summed E-state index contributed by atoms with van der Waals surface area (Å²) in [6, 6.07) is 14.0. The molecular formula is C15H12ClN5O2. The molecule has 0 aliphatic rings. The zero-order valence-electron chi connectivity index (χ0n) is 11.9. The van der Waals surface area contributed by atoms with Gasteiger partial charge in [-0.15, -0.1) is 5.10 Å². The van der Waals surface area contributed by atoms with E-state index in [4.69, 9.17) is 16.3 Å². The third kappa shape index (κ3) is 3.83. The zero-order valence-corrected chi connectivity index (χ0v) is 12.6. The van der Waals surface area contributed by atoms with Crippen LogP contribution in [0, 0.1) is 0 Å². The van der Waals surface area contributed by atoms with E-state index in [1.54, 1.807) is 36.4 Å². The van der Waals surface area contributed by atoms with Gasteiger partial charge in [0.05, 0.1) is 5.69 Å². The van der Waals surface area contributed by atoms with E-state index in [0.717, 1.165) is 0 Å². The molecule has 0 aliphatic carbocycles. The van der Waals surface area contributed by atoms with E-state index in [1.807, 2.05) is 12.1 Å². The molecule has 3 rings (SSSR count). The fraction of sp³-hybridized carbons (Fsp3) is 0.0667. The molecule has 0 fully saturated rings. The van der Waals surface area contributed by atoms with E-state index in [9.17, 15) is 4.79 Å². The average molecular weight is 330 g/mol. The maximum absolute atomic E-state index is 12.1. The molecule has 3 aromatic rings. The molecule has 1 aromatic heterocycles. The van der Waals surface area contributed by atoms with Crippen molar-refractivity contribution in [1.82, 2.24) is 20.6 Å². The van der Waals surface area contributed by atoms with Crippen molar-refractivity contribution in [2.45, 2.75) is 0 Å². The highest BCUT2D eigenvalue weighted by Gasteiger charge is 2.11. The number of nitrogens with one attached hydrogen (secondary N) is 2. The van der Waals surface area contributed by atoms with Crippen molar-refractivity contribution in [3.63, 3.8) is 0 Å². The maximum Gasteiger partial charge on any atom is 0.262 e. The van der Waals surface area contributed by atoms with Crippen LogP contribution in [0.5, 0.6) is 5.75 Å². The lowest BCUT2D eigenvalue weighted by Crippen LogP contribution is -2.20. The first kappa shape index (κ1) is 15.0. The number of H-pyrrole nitrogens is 1. The molecule has 0 aliphatic heterocycles. The normalized spacial score (nSPS) is 10.3. The molecule has 0 saturated heterocycles. The number of amides is 1. The topological polar surface area (TPSA) is 92.8 Å². The Kier molecular flexibility index (Phi) is 4.49. The second-order valence-corrected chi connectivity index (χ2v) is 5.02. The summed E-state index contributed by atoms with van der Waals surface area (Å²) in [6.07, 6.45) is 0. The maximum atomic E-state index is 12.1. The van der Waals surface area contributed by atoms with Crippen molar-refractivity contribution in [3.8, 4) is 17.1 Å². The predicted molar refractivity (Wildman–Crippen MR) is 85.2 cm³/mol. The monoisotopic (exact) mass is 329 g/mol. The fourth-order valence-electron chi connectivity index (χ4n) is 1.94. The Morgan fingerprint density at radius 3 is 2.70 bits per heavy atom. The zero-order chi connectivity index (χ0) is 16.1. The number of hydrogen-bond acceptors (Lipinski definition) is 5. The summed E-state index contributed by atoms with van der Waals surface area (Å²) < 4.78 is 5.41. The predicted octanol–water partition coefficient (Wildman–Crippen LogP) is 2.54. The van der Waals surface area contributed by atoms with Crippen LogP contribution in [0.1, 0.15) is 0 Å². The minimum atomic E-state index is -0.292. The summed E-state index contributed by atoms with van der Waals surface area (Å²) in [4.78, 5) is 12.1. The molecule has 0 saturated carbocycles. The minimum Gasteiger partial charge on any atom is -0.484 e. The largest absolute Gasteiger partial charge is 0.484 e. The van der Waals surface area contributed by atoms with Gasteiger partial charge in [0.25, 0.3) is 5.91 Å². The Morgan fingerprint density at radius 1 is 1.17 bits per heavy atom. The van der Waals surface area contributed by atoms with Gasteiger partial charge in [0, 0.05) is 10.6 Å². The number of tetrazole rings is 1. The molecule has 0 spiro atoms. The summed E-state index contributed by atoms with van der Waals surface area (Å²) >= 11 is 5.79. The van der Waals surface area contributed by atoms with E-state index in [-0.39, 0.29) is 12.5 Å². The molecule has 1 amide bonds. The molecule has 2 N–H and O–H groups in total. The van der Waals surface area contributed by atoms with Crippen LogP contribution in [-0.4, -0.2) is 33.1 Å². The Bertz CT molecular complexity index is 790. The second kappa shape index (κ2) is 6.89. The van der Waals surface area contributed by atoms with Gasteiger partial charge < -0.3 is 10.1 Å². The van der Waals surface area contributed by atoms with Gasteiger partial charge >= 0.3 is 0 Å². The molecule has 0 radical (unpaired) electrons. The van der Waals surface area contributed by atoms with Crippen LogP contribution in [0.4, 0.5) is 5.69 Å². The summed E-state index contributed by atoms with van der Waals surface area (Å²) in [5.41, 5.74) is 1.29. The van der Waals surface area contributed by atoms with Gasteiger partial charge in [0.1, 0.15) is 5.75 Å². The number of benzene rings is 2. The summed E-state index contributed by atoms with van der Waals surface area (Å²) in [5.74, 6) is 0.747. The number of halogens is 1. The number of carbonyl (C=O) groups excluding carboxylic acids is 1. The van der Waals surface area contributed by atoms with E-state index in [2.05, 4.69) is 25.9 Å². The van der Waals surface area contributed by atoms with Gasteiger partial charge in [0.2, 0.25) is 0 Å². The summed E-state index contributed by atoms with van der Waals surface area (Å²) in [6.45, 7) is -0.120.